The fraction of sp³-hybridized carbons (Fsp3) is 0.524. The zero-order valence-corrected chi connectivity index (χ0v) is 17.6. The summed E-state index contributed by atoms with van der Waals surface area (Å²) < 4.78 is 5.06. The Labute approximate surface area is 172 Å². The van der Waals surface area contributed by atoms with E-state index < -0.39 is 0 Å². The summed E-state index contributed by atoms with van der Waals surface area (Å²) in [5.41, 5.74) is 2.35. The Balaban J connectivity index is 1.56. The molecule has 0 bridgehead atoms. The van der Waals surface area contributed by atoms with Gasteiger partial charge in [-0.15, -0.1) is 5.10 Å². The topological polar surface area (TPSA) is 92.3 Å². The highest BCUT2D eigenvalue weighted by atomic mass is 16.6. The van der Waals surface area contributed by atoms with Crippen LogP contribution in [-0.2, 0) is 10.2 Å². The minimum absolute atomic E-state index is 0.120. The molecule has 0 unspecified atom stereocenters. The summed E-state index contributed by atoms with van der Waals surface area (Å²) in [4.78, 5) is 18.0. The fourth-order valence-corrected chi connectivity index (χ4v) is 3.23. The zero-order valence-electron chi connectivity index (χ0n) is 17.6. The molecule has 8 nitrogen and oxygen atoms in total. The van der Waals surface area contributed by atoms with Crippen molar-refractivity contribution in [2.45, 2.75) is 52.0 Å². The molecule has 29 heavy (non-hydrogen) atoms. The van der Waals surface area contributed by atoms with Crippen molar-refractivity contribution >= 4 is 23.5 Å². The second-order valence-electron chi connectivity index (χ2n) is 8.22. The summed E-state index contributed by atoms with van der Waals surface area (Å²) in [5, 5.41) is 14.7. The number of ether oxygens (including phenoxy) is 1. The van der Waals surface area contributed by atoms with Gasteiger partial charge >= 0.3 is 6.09 Å². The van der Waals surface area contributed by atoms with Gasteiger partial charge in [-0.3, -0.25) is 0 Å². The van der Waals surface area contributed by atoms with E-state index in [1.165, 1.54) is 5.56 Å². The molecule has 1 fully saturated rings. The Morgan fingerprint density at radius 3 is 2.52 bits per heavy atom. The van der Waals surface area contributed by atoms with Crippen molar-refractivity contribution < 1.29 is 9.53 Å². The Morgan fingerprint density at radius 1 is 1.21 bits per heavy atom. The van der Waals surface area contributed by atoms with Crippen LogP contribution in [0.15, 0.2) is 30.5 Å². The lowest BCUT2D eigenvalue weighted by Crippen LogP contribution is -2.42. The number of likely N-dealkylation sites (tertiary alicyclic amines) is 1. The van der Waals surface area contributed by atoms with Gasteiger partial charge in [-0.2, -0.15) is 10.1 Å². The second kappa shape index (κ2) is 9.07. The van der Waals surface area contributed by atoms with Gasteiger partial charge in [0.25, 0.3) is 0 Å². The number of carbonyl (C=O) groups excluding carboxylic acids is 1. The molecule has 1 aromatic carbocycles. The highest BCUT2D eigenvalue weighted by Crippen LogP contribution is 2.24. The van der Waals surface area contributed by atoms with E-state index in [4.69, 9.17) is 4.74 Å². The number of amides is 1. The monoisotopic (exact) mass is 398 g/mol. The van der Waals surface area contributed by atoms with E-state index in [1.54, 1.807) is 11.1 Å². The van der Waals surface area contributed by atoms with Gasteiger partial charge in [-0.1, -0.05) is 32.9 Å². The third-order valence-corrected chi connectivity index (χ3v) is 4.94. The molecule has 156 valence electrons. The van der Waals surface area contributed by atoms with E-state index in [1.807, 2.05) is 19.1 Å². The number of anilines is 3. The number of hydrogen-bond donors (Lipinski definition) is 2. The third kappa shape index (κ3) is 5.79. The van der Waals surface area contributed by atoms with Gasteiger partial charge in [0.15, 0.2) is 5.82 Å². The number of piperidine rings is 1. The molecule has 2 heterocycles. The van der Waals surface area contributed by atoms with Crippen molar-refractivity contribution in [3.63, 3.8) is 0 Å². The predicted octanol–water partition coefficient (Wildman–Crippen LogP) is 3.95. The lowest BCUT2D eigenvalue weighted by molar-refractivity contribution is 0.0983. The highest BCUT2D eigenvalue weighted by Gasteiger charge is 2.24. The molecular formula is C21H30N6O2. The molecular weight excluding hydrogens is 368 g/mol. The van der Waals surface area contributed by atoms with Gasteiger partial charge in [-0.25, -0.2) is 4.79 Å². The van der Waals surface area contributed by atoms with Crippen LogP contribution < -0.4 is 10.6 Å². The first-order valence-corrected chi connectivity index (χ1v) is 10.1. The number of rotatable bonds is 5. The van der Waals surface area contributed by atoms with Gasteiger partial charge < -0.3 is 20.3 Å². The van der Waals surface area contributed by atoms with Gasteiger partial charge in [0.2, 0.25) is 5.95 Å². The van der Waals surface area contributed by atoms with Gasteiger partial charge in [0.1, 0.15) is 0 Å². The molecule has 1 aliphatic heterocycles. The Morgan fingerprint density at radius 2 is 1.90 bits per heavy atom. The van der Waals surface area contributed by atoms with Crippen LogP contribution in [0.1, 0.15) is 46.1 Å². The van der Waals surface area contributed by atoms with E-state index in [0.717, 1.165) is 18.5 Å². The van der Waals surface area contributed by atoms with Crippen LogP contribution in [0.25, 0.3) is 0 Å². The second-order valence-corrected chi connectivity index (χ2v) is 8.22. The zero-order chi connectivity index (χ0) is 20.9. The van der Waals surface area contributed by atoms with E-state index >= 15 is 0 Å². The predicted molar refractivity (Wildman–Crippen MR) is 113 cm³/mol. The van der Waals surface area contributed by atoms with Crippen molar-refractivity contribution in [2.24, 2.45) is 0 Å². The molecule has 2 aromatic rings. The minimum Gasteiger partial charge on any atom is -0.450 e. The number of hydrogen-bond acceptors (Lipinski definition) is 7. The maximum Gasteiger partial charge on any atom is 0.409 e. The number of nitrogens with one attached hydrogen (secondary N) is 2. The first-order valence-electron chi connectivity index (χ1n) is 10.1. The summed E-state index contributed by atoms with van der Waals surface area (Å²) >= 11 is 0. The lowest BCUT2D eigenvalue weighted by atomic mass is 9.87. The SMILES string of the molecule is CCOC(=O)N1CCC(Nc2nncc(Nc3ccc(C(C)(C)C)cc3)n2)CC1. The summed E-state index contributed by atoms with van der Waals surface area (Å²) in [6.07, 6.45) is 2.99. The quantitative estimate of drug-likeness (QED) is 0.788. The molecule has 3 rings (SSSR count). The molecule has 2 N–H and O–H groups in total. The standard InChI is InChI=1S/C21H30N6O2/c1-5-29-20(28)27-12-10-17(11-13-27)24-19-25-18(14-22-26-19)23-16-8-6-15(7-9-16)21(2,3)4/h6-9,14,17H,5,10-13H2,1-4H3,(H2,23,24,25,26). The largest absolute Gasteiger partial charge is 0.450 e. The van der Waals surface area contributed by atoms with Gasteiger partial charge in [0.05, 0.1) is 12.8 Å². The van der Waals surface area contributed by atoms with Crippen molar-refractivity contribution in [1.82, 2.24) is 20.1 Å². The van der Waals surface area contributed by atoms with Crippen LogP contribution in [0.5, 0.6) is 0 Å². The first-order chi connectivity index (χ1) is 13.8. The van der Waals surface area contributed by atoms with Crippen LogP contribution in [0.3, 0.4) is 0 Å². The maximum absolute atomic E-state index is 11.8. The molecule has 1 aromatic heterocycles. The maximum atomic E-state index is 11.8. The highest BCUT2D eigenvalue weighted by molar-refractivity contribution is 5.67. The Kier molecular flexibility index (Phi) is 6.51. The molecule has 1 saturated heterocycles. The molecule has 0 aliphatic carbocycles. The summed E-state index contributed by atoms with van der Waals surface area (Å²) in [6.45, 7) is 10.1. The number of aromatic nitrogens is 3. The third-order valence-electron chi connectivity index (χ3n) is 4.94. The van der Waals surface area contributed by atoms with Gasteiger partial charge in [0, 0.05) is 24.8 Å². The summed E-state index contributed by atoms with van der Waals surface area (Å²) in [7, 11) is 0. The van der Waals surface area contributed by atoms with Crippen LogP contribution in [-0.4, -0.2) is 51.9 Å². The average Bonchev–Trinajstić information content (AvgIpc) is 2.69. The average molecular weight is 399 g/mol. The molecule has 0 radical (unpaired) electrons. The minimum atomic E-state index is -0.243. The summed E-state index contributed by atoms with van der Waals surface area (Å²) in [6, 6.07) is 8.52. The smallest absolute Gasteiger partial charge is 0.409 e. The van der Waals surface area contributed by atoms with Crippen LogP contribution in [0.2, 0.25) is 0 Å². The Hall–Kier alpha value is -2.90. The van der Waals surface area contributed by atoms with Crippen molar-refractivity contribution in [2.75, 3.05) is 30.3 Å². The molecule has 1 aliphatic rings. The van der Waals surface area contributed by atoms with Crippen molar-refractivity contribution in [3.05, 3.63) is 36.0 Å². The molecule has 0 atom stereocenters. The molecule has 0 spiro atoms. The van der Waals surface area contributed by atoms with E-state index in [-0.39, 0.29) is 17.6 Å². The Bertz CT molecular complexity index is 811. The molecule has 0 saturated carbocycles. The van der Waals surface area contributed by atoms with Crippen LogP contribution in [0, 0.1) is 0 Å². The van der Waals surface area contributed by atoms with Gasteiger partial charge in [-0.05, 0) is 42.9 Å². The van der Waals surface area contributed by atoms with E-state index in [9.17, 15) is 4.79 Å². The normalized spacial score (nSPS) is 15.1. The first kappa shape index (κ1) is 20.8. The van der Waals surface area contributed by atoms with Crippen LogP contribution in [0.4, 0.5) is 22.2 Å². The molecule has 1 amide bonds. The number of benzene rings is 1. The van der Waals surface area contributed by atoms with Crippen molar-refractivity contribution in [1.29, 1.82) is 0 Å². The number of carbonyl (C=O) groups is 1. The lowest BCUT2D eigenvalue weighted by Gasteiger charge is -2.31. The van der Waals surface area contributed by atoms with E-state index in [2.05, 4.69) is 58.7 Å². The molecule has 8 heteroatoms. The van der Waals surface area contributed by atoms with E-state index in [0.29, 0.717) is 31.5 Å². The van der Waals surface area contributed by atoms with Crippen LogP contribution >= 0.6 is 0 Å². The van der Waals surface area contributed by atoms with Crippen molar-refractivity contribution in [3.8, 4) is 0 Å². The number of nitrogens with zero attached hydrogens (tertiary/aromatic N) is 4. The summed E-state index contributed by atoms with van der Waals surface area (Å²) in [5.74, 6) is 1.12. The fourth-order valence-electron chi connectivity index (χ4n) is 3.23.